The molecule has 3 heteroatoms. The maximum atomic E-state index is 12.6. The van der Waals surface area contributed by atoms with E-state index in [2.05, 4.69) is 0 Å². The average Bonchev–Trinajstić information content (AvgIpc) is 1.94. The minimum atomic E-state index is -0.262. The molecule has 0 N–H and O–H groups in total. The molecular formula is C9H9FOS. The van der Waals surface area contributed by atoms with Crippen LogP contribution in [0, 0.1) is 12.7 Å². The first-order valence-electron chi connectivity index (χ1n) is 3.54. The zero-order valence-corrected chi connectivity index (χ0v) is 7.74. The topological polar surface area (TPSA) is 9.23 Å². The van der Waals surface area contributed by atoms with Crippen LogP contribution >= 0.6 is 12.2 Å². The molecule has 0 bridgehead atoms. The molecular weight excluding hydrogens is 175 g/mol. The van der Waals surface area contributed by atoms with Crippen molar-refractivity contribution in [1.29, 1.82) is 0 Å². The van der Waals surface area contributed by atoms with Crippen LogP contribution in [0.5, 0.6) is 5.75 Å². The van der Waals surface area contributed by atoms with Crippen LogP contribution in [0.15, 0.2) is 18.2 Å². The van der Waals surface area contributed by atoms with Gasteiger partial charge < -0.3 is 4.74 Å². The van der Waals surface area contributed by atoms with Gasteiger partial charge in [0.1, 0.15) is 11.6 Å². The Hall–Kier alpha value is -0.960. The summed E-state index contributed by atoms with van der Waals surface area (Å²) in [4.78, 5) is 0. The van der Waals surface area contributed by atoms with Gasteiger partial charge in [0.05, 0.1) is 0 Å². The average molecular weight is 184 g/mol. The van der Waals surface area contributed by atoms with Gasteiger partial charge in [-0.3, -0.25) is 0 Å². The fraction of sp³-hybridized carbons (Fsp3) is 0.222. The second-order valence-electron chi connectivity index (χ2n) is 2.50. The molecule has 0 unspecified atom stereocenters. The Kier molecular flexibility index (Phi) is 2.76. The molecule has 1 rings (SSSR count). The number of thiocarbonyl (C=S) groups is 1. The summed E-state index contributed by atoms with van der Waals surface area (Å²) in [5, 5.41) is 0.435. The third kappa shape index (κ3) is 2.27. The molecule has 0 spiro atoms. The van der Waals surface area contributed by atoms with Crippen molar-refractivity contribution in [1.82, 2.24) is 0 Å². The number of aryl methyl sites for hydroxylation is 1. The summed E-state index contributed by atoms with van der Waals surface area (Å²) in [6.07, 6.45) is 0. The van der Waals surface area contributed by atoms with E-state index in [0.29, 0.717) is 10.8 Å². The van der Waals surface area contributed by atoms with Crippen LogP contribution in [0.1, 0.15) is 12.5 Å². The van der Waals surface area contributed by atoms with Gasteiger partial charge in [-0.15, -0.1) is 0 Å². The third-order valence-corrected chi connectivity index (χ3v) is 1.47. The van der Waals surface area contributed by atoms with Gasteiger partial charge in [0.2, 0.25) is 0 Å². The first kappa shape index (κ1) is 9.13. The summed E-state index contributed by atoms with van der Waals surface area (Å²) in [7, 11) is 0. The Morgan fingerprint density at radius 2 is 2.17 bits per heavy atom. The molecule has 0 saturated carbocycles. The molecule has 0 aliphatic heterocycles. The molecule has 1 nitrogen and oxygen atoms in total. The van der Waals surface area contributed by atoms with E-state index >= 15 is 0 Å². The summed E-state index contributed by atoms with van der Waals surface area (Å²) in [6, 6.07) is 4.33. The molecule has 0 fully saturated rings. The van der Waals surface area contributed by atoms with Crippen LogP contribution < -0.4 is 4.74 Å². The van der Waals surface area contributed by atoms with Gasteiger partial charge in [0, 0.05) is 6.92 Å². The maximum Gasteiger partial charge on any atom is 0.164 e. The molecule has 0 radical (unpaired) electrons. The molecule has 0 aliphatic rings. The summed E-state index contributed by atoms with van der Waals surface area (Å²) in [5.41, 5.74) is 0.749. The van der Waals surface area contributed by atoms with Crippen molar-refractivity contribution in [2.75, 3.05) is 0 Å². The van der Waals surface area contributed by atoms with E-state index in [1.54, 1.807) is 19.9 Å². The molecule has 0 saturated heterocycles. The predicted molar refractivity (Wildman–Crippen MR) is 50.0 cm³/mol. The van der Waals surface area contributed by atoms with E-state index in [1.165, 1.54) is 12.1 Å². The lowest BCUT2D eigenvalue weighted by Crippen LogP contribution is -2.00. The van der Waals surface area contributed by atoms with Crippen LogP contribution in [-0.2, 0) is 0 Å². The van der Waals surface area contributed by atoms with Crippen molar-refractivity contribution in [2.45, 2.75) is 13.8 Å². The van der Waals surface area contributed by atoms with Gasteiger partial charge in [0.25, 0.3) is 0 Å². The van der Waals surface area contributed by atoms with Crippen molar-refractivity contribution in [3.8, 4) is 5.75 Å². The Balaban J connectivity index is 2.93. The van der Waals surface area contributed by atoms with E-state index in [-0.39, 0.29) is 5.82 Å². The molecule has 0 aliphatic carbocycles. The van der Waals surface area contributed by atoms with Gasteiger partial charge in [-0.05, 0) is 42.9 Å². The van der Waals surface area contributed by atoms with Gasteiger partial charge in [-0.25, -0.2) is 4.39 Å². The second-order valence-corrected chi connectivity index (χ2v) is 3.08. The van der Waals surface area contributed by atoms with E-state index in [0.717, 1.165) is 5.56 Å². The second kappa shape index (κ2) is 3.63. The van der Waals surface area contributed by atoms with Crippen molar-refractivity contribution in [3.05, 3.63) is 29.6 Å². The zero-order chi connectivity index (χ0) is 9.14. The summed E-state index contributed by atoms with van der Waals surface area (Å²) in [6.45, 7) is 3.45. The van der Waals surface area contributed by atoms with Crippen LogP contribution in [0.3, 0.4) is 0 Å². The molecule has 0 heterocycles. The summed E-state index contributed by atoms with van der Waals surface area (Å²) >= 11 is 4.75. The van der Waals surface area contributed by atoms with Crippen LogP contribution in [0.2, 0.25) is 0 Å². The van der Waals surface area contributed by atoms with Gasteiger partial charge in [-0.2, -0.15) is 0 Å². The highest BCUT2D eigenvalue weighted by Crippen LogP contribution is 2.18. The Bertz CT molecular complexity index is 309. The number of benzene rings is 1. The maximum absolute atomic E-state index is 12.6. The molecule has 0 atom stereocenters. The fourth-order valence-electron chi connectivity index (χ4n) is 0.882. The standard InChI is InChI=1S/C9H9FOS/c1-6-5-8(10)3-4-9(6)11-7(2)12/h3-5H,1-2H3. The Morgan fingerprint density at radius 1 is 1.50 bits per heavy atom. The molecule has 1 aromatic carbocycles. The predicted octanol–water partition coefficient (Wildman–Crippen LogP) is 2.86. The lowest BCUT2D eigenvalue weighted by molar-refractivity contribution is 0.550. The SMILES string of the molecule is CC(=S)Oc1ccc(F)cc1C. The van der Waals surface area contributed by atoms with Crippen molar-refractivity contribution in [3.63, 3.8) is 0 Å². The van der Waals surface area contributed by atoms with Gasteiger partial charge in [0.15, 0.2) is 5.05 Å². The highest BCUT2D eigenvalue weighted by atomic mass is 32.1. The molecule has 1 aromatic rings. The quantitative estimate of drug-likeness (QED) is 0.621. The number of ether oxygens (including phenoxy) is 1. The largest absolute Gasteiger partial charge is 0.450 e. The molecule has 12 heavy (non-hydrogen) atoms. The lowest BCUT2D eigenvalue weighted by Gasteiger charge is -2.05. The Labute approximate surface area is 76.2 Å². The van der Waals surface area contributed by atoms with E-state index in [4.69, 9.17) is 17.0 Å². The molecule has 0 aromatic heterocycles. The lowest BCUT2D eigenvalue weighted by atomic mass is 10.2. The summed E-state index contributed by atoms with van der Waals surface area (Å²) < 4.78 is 17.8. The van der Waals surface area contributed by atoms with Gasteiger partial charge >= 0.3 is 0 Å². The number of halogens is 1. The van der Waals surface area contributed by atoms with Crippen LogP contribution in [0.25, 0.3) is 0 Å². The zero-order valence-electron chi connectivity index (χ0n) is 6.93. The van der Waals surface area contributed by atoms with Crippen LogP contribution in [-0.4, -0.2) is 5.05 Å². The first-order valence-corrected chi connectivity index (χ1v) is 3.95. The Morgan fingerprint density at radius 3 is 2.67 bits per heavy atom. The number of hydrogen-bond donors (Lipinski definition) is 0. The van der Waals surface area contributed by atoms with Crippen molar-refractivity contribution >= 4 is 17.3 Å². The minimum Gasteiger partial charge on any atom is -0.450 e. The molecule has 0 amide bonds. The van der Waals surface area contributed by atoms with Gasteiger partial charge in [-0.1, -0.05) is 0 Å². The number of rotatable bonds is 1. The highest BCUT2D eigenvalue weighted by Gasteiger charge is 2.00. The van der Waals surface area contributed by atoms with Crippen molar-refractivity contribution < 1.29 is 9.13 Å². The van der Waals surface area contributed by atoms with Crippen molar-refractivity contribution in [2.24, 2.45) is 0 Å². The van der Waals surface area contributed by atoms with Crippen LogP contribution in [0.4, 0.5) is 4.39 Å². The third-order valence-electron chi connectivity index (χ3n) is 1.39. The molecule has 64 valence electrons. The summed E-state index contributed by atoms with van der Waals surface area (Å²) in [5.74, 6) is 0.353. The first-order chi connectivity index (χ1) is 5.59. The minimum absolute atomic E-state index is 0.262. The smallest absolute Gasteiger partial charge is 0.164 e. The van der Waals surface area contributed by atoms with E-state index < -0.39 is 0 Å². The fourth-order valence-corrected chi connectivity index (χ4v) is 0.972. The monoisotopic (exact) mass is 184 g/mol. The number of hydrogen-bond acceptors (Lipinski definition) is 2. The van der Waals surface area contributed by atoms with E-state index in [9.17, 15) is 4.39 Å². The normalized spacial score (nSPS) is 9.58. The van der Waals surface area contributed by atoms with E-state index in [1.807, 2.05) is 0 Å². The highest BCUT2D eigenvalue weighted by molar-refractivity contribution is 7.80.